The lowest BCUT2D eigenvalue weighted by atomic mass is 10.1. The second-order valence-corrected chi connectivity index (χ2v) is 6.43. The van der Waals surface area contributed by atoms with Crippen LogP contribution in [0.2, 0.25) is 0 Å². The minimum atomic E-state index is -0.141. The van der Waals surface area contributed by atoms with Crippen LogP contribution in [0.4, 0.5) is 0 Å². The van der Waals surface area contributed by atoms with Crippen LogP contribution in [0.15, 0.2) is 54.6 Å². The van der Waals surface area contributed by atoms with Gasteiger partial charge in [0, 0.05) is 25.1 Å². The number of carbonyl (C=O) groups excluding carboxylic acids is 2. The molecular weight excluding hydrogens is 328 g/mol. The van der Waals surface area contributed by atoms with E-state index in [2.05, 4.69) is 5.32 Å². The molecular formula is C21H24N2O3. The van der Waals surface area contributed by atoms with Crippen molar-refractivity contribution >= 4 is 11.8 Å². The molecule has 1 aliphatic heterocycles. The maximum atomic E-state index is 12.2. The zero-order chi connectivity index (χ0) is 18.2. The molecule has 2 aromatic rings. The van der Waals surface area contributed by atoms with Gasteiger partial charge in [0.05, 0.1) is 6.54 Å². The number of benzene rings is 2. The van der Waals surface area contributed by atoms with Gasteiger partial charge >= 0.3 is 0 Å². The van der Waals surface area contributed by atoms with Crippen LogP contribution < -0.4 is 10.1 Å². The Morgan fingerprint density at radius 2 is 1.81 bits per heavy atom. The molecule has 1 fully saturated rings. The topological polar surface area (TPSA) is 58.6 Å². The summed E-state index contributed by atoms with van der Waals surface area (Å²) in [7, 11) is 0. The summed E-state index contributed by atoms with van der Waals surface area (Å²) in [4.78, 5) is 25.6. The summed E-state index contributed by atoms with van der Waals surface area (Å²) in [6.07, 6.45) is 2.43. The fraction of sp³-hybridized carbons (Fsp3) is 0.333. The van der Waals surface area contributed by atoms with E-state index in [4.69, 9.17) is 4.74 Å². The molecule has 2 amide bonds. The summed E-state index contributed by atoms with van der Waals surface area (Å²) in [5.41, 5.74) is 2.01. The van der Waals surface area contributed by atoms with Crippen LogP contribution in [-0.4, -0.2) is 29.8 Å². The third-order valence-electron chi connectivity index (χ3n) is 4.44. The quantitative estimate of drug-likeness (QED) is 0.834. The standard InChI is InChI=1S/C21H24N2O3/c24-20(15-23-13-7-6-12-21(23)25)22-14-18-10-4-5-11-19(18)26-16-17-8-2-1-3-9-17/h1-5,8-11H,6-7,12-16H2,(H,22,24). The number of piperidine rings is 1. The number of amides is 2. The van der Waals surface area contributed by atoms with Crippen LogP contribution in [0.25, 0.3) is 0 Å². The van der Waals surface area contributed by atoms with Gasteiger partial charge < -0.3 is 15.0 Å². The minimum Gasteiger partial charge on any atom is -0.489 e. The molecule has 5 nitrogen and oxygen atoms in total. The molecule has 0 unspecified atom stereocenters. The number of hydrogen-bond donors (Lipinski definition) is 1. The fourth-order valence-electron chi connectivity index (χ4n) is 2.98. The highest BCUT2D eigenvalue weighted by molar-refractivity contribution is 5.85. The first-order valence-electron chi connectivity index (χ1n) is 9.01. The monoisotopic (exact) mass is 352 g/mol. The Labute approximate surface area is 154 Å². The Morgan fingerprint density at radius 1 is 1.04 bits per heavy atom. The van der Waals surface area contributed by atoms with Crippen molar-refractivity contribution in [3.05, 3.63) is 65.7 Å². The number of hydrogen-bond acceptors (Lipinski definition) is 3. The smallest absolute Gasteiger partial charge is 0.239 e. The van der Waals surface area contributed by atoms with Gasteiger partial charge in [-0.3, -0.25) is 9.59 Å². The maximum absolute atomic E-state index is 12.2. The number of rotatable bonds is 7. The summed E-state index contributed by atoms with van der Waals surface area (Å²) >= 11 is 0. The Balaban J connectivity index is 1.52. The maximum Gasteiger partial charge on any atom is 0.239 e. The molecule has 3 rings (SSSR count). The number of nitrogens with one attached hydrogen (secondary N) is 1. The zero-order valence-corrected chi connectivity index (χ0v) is 14.8. The van der Waals surface area contributed by atoms with Gasteiger partial charge in [0.15, 0.2) is 0 Å². The van der Waals surface area contributed by atoms with E-state index < -0.39 is 0 Å². The molecule has 0 atom stereocenters. The molecule has 0 aromatic heterocycles. The third-order valence-corrected chi connectivity index (χ3v) is 4.44. The molecule has 136 valence electrons. The van der Waals surface area contributed by atoms with Crippen LogP contribution in [0, 0.1) is 0 Å². The van der Waals surface area contributed by atoms with Gasteiger partial charge in [-0.05, 0) is 24.5 Å². The van der Waals surface area contributed by atoms with Crippen molar-refractivity contribution in [3.8, 4) is 5.75 Å². The van der Waals surface area contributed by atoms with Gasteiger partial charge in [-0.2, -0.15) is 0 Å². The van der Waals surface area contributed by atoms with E-state index in [9.17, 15) is 9.59 Å². The van der Waals surface area contributed by atoms with Crippen LogP contribution in [0.3, 0.4) is 0 Å². The van der Waals surface area contributed by atoms with E-state index in [1.807, 2.05) is 54.6 Å². The van der Waals surface area contributed by atoms with E-state index >= 15 is 0 Å². The van der Waals surface area contributed by atoms with Crippen molar-refractivity contribution in [2.24, 2.45) is 0 Å². The lowest BCUT2D eigenvalue weighted by Crippen LogP contribution is -2.42. The predicted molar refractivity (Wildman–Crippen MR) is 99.5 cm³/mol. The Morgan fingerprint density at radius 3 is 2.62 bits per heavy atom. The van der Waals surface area contributed by atoms with Gasteiger partial charge in [0.2, 0.25) is 11.8 Å². The molecule has 0 bridgehead atoms. The van der Waals surface area contributed by atoms with Crippen LogP contribution in [0.5, 0.6) is 5.75 Å². The average molecular weight is 352 g/mol. The fourth-order valence-corrected chi connectivity index (χ4v) is 2.98. The molecule has 2 aromatic carbocycles. The van der Waals surface area contributed by atoms with E-state index in [0.717, 1.165) is 29.7 Å². The van der Waals surface area contributed by atoms with Gasteiger partial charge in [0.25, 0.3) is 0 Å². The minimum absolute atomic E-state index is 0.0676. The molecule has 0 saturated carbocycles. The predicted octanol–water partition coefficient (Wildman–Crippen LogP) is 2.89. The molecule has 26 heavy (non-hydrogen) atoms. The number of ether oxygens (including phenoxy) is 1. The van der Waals surface area contributed by atoms with Crippen LogP contribution in [-0.2, 0) is 22.7 Å². The zero-order valence-electron chi connectivity index (χ0n) is 14.8. The molecule has 1 aliphatic rings. The summed E-state index contributed by atoms with van der Waals surface area (Å²) in [6.45, 7) is 1.66. The Hall–Kier alpha value is -2.82. The van der Waals surface area contributed by atoms with Crippen LogP contribution >= 0.6 is 0 Å². The summed E-state index contributed by atoms with van der Waals surface area (Å²) in [6, 6.07) is 17.6. The summed E-state index contributed by atoms with van der Waals surface area (Å²) in [5.74, 6) is 0.682. The average Bonchev–Trinajstić information content (AvgIpc) is 2.68. The third kappa shape index (κ3) is 5.09. The lowest BCUT2D eigenvalue weighted by molar-refractivity contribution is -0.137. The largest absolute Gasteiger partial charge is 0.489 e. The molecule has 1 heterocycles. The number of para-hydroxylation sites is 1. The first-order valence-corrected chi connectivity index (χ1v) is 9.01. The highest BCUT2D eigenvalue weighted by atomic mass is 16.5. The van der Waals surface area contributed by atoms with Gasteiger partial charge in [-0.25, -0.2) is 0 Å². The highest BCUT2D eigenvalue weighted by Crippen LogP contribution is 2.19. The molecule has 0 aliphatic carbocycles. The second kappa shape index (κ2) is 9.04. The summed E-state index contributed by atoms with van der Waals surface area (Å²) < 4.78 is 5.91. The molecule has 0 spiro atoms. The Kier molecular flexibility index (Phi) is 6.25. The Bertz CT molecular complexity index is 746. The van der Waals surface area contributed by atoms with Crippen molar-refractivity contribution in [2.45, 2.75) is 32.4 Å². The van der Waals surface area contributed by atoms with Crippen molar-refractivity contribution in [1.29, 1.82) is 0 Å². The van der Waals surface area contributed by atoms with Gasteiger partial charge in [-0.15, -0.1) is 0 Å². The van der Waals surface area contributed by atoms with Crippen molar-refractivity contribution < 1.29 is 14.3 Å². The van der Waals surface area contributed by atoms with E-state index in [1.165, 1.54) is 0 Å². The highest BCUT2D eigenvalue weighted by Gasteiger charge is 2.20. The van der Waals surface area contributed by atoms with E-state index in [-0.39, 0.29) is 18.4 Å². The van der Waals surface area contributed by atoms with E-state index in [0.29, 0.717) is 26.1 Å². The molecule has 1 N–H and O–H groups in total. The van der Waals surface area contributed by atoms with Crippen molar-refractivity contribution in [1.82, 2.24) is 10.2 Å². The van der Waals surface area contributed by atoms with Crippen molar-refractivity contribution in [3.63, 3.8) is 0 Å². The van der Waals surface area contributed by atoms with Gasteiger partial charge in [-0.1, -0.05) is 48.5 Å². The molecule has 1 saturated heterocycles. The molecule has 5 heteroatoms. The number of likely N-dealkylation sites (tertiary alicyclic amines) is 1. The second-order valence-electron chi connectivity index (χ2n) is 6.43. The SMILES string of the molecule is O=C(CN1CCCCC1=O)NCc1ccccc1OCc1ccccc1. The lowest BCUT2D eigenvalue weighted by Gasteiger charge is -2.26. The number of nitrogens with zero attached hydrogens (tertiary/aromatic N) is 1. The van der Waals surface area contributed by atoms with Crippen molar-refractivity contribution in [2.75, 3.05) is 13.1 Å². The number of carbonyl (C=O) groups is 2. The van der Waals surface area contributed by atoms with Crippen LogP contribution in [0.1, 0.15) is 30.4 Å². The molecule has 0 radical (unpaired) electrons. The normalized spacial score (nSPS) is 14.2. The summed E-state index contributed by atoms with van der Waals surface area (Å²) in [5, 5.41) is 2.89. The van der Waals surface area contributed by atoms with Gasteiger partial charge in [0.1, 0.15) is 12.4 Å². The van der Waals surface area contributed by atoms with E-state index in [1.54, 1.807) is 4.90 Å². The first kappa shape index (κ1) is 18.0. The first-order chi connectivity index (χ1) is 12.7.